The Bertz CT molecular complexity index is 842. The van der Waals surface area contributed by atoms with Gasteiger partial charge in [0.1, 0.15) is 0 Å². The Kier molecular flexibility index (Phi) is 6.16. The molecule has 0 aliphatic heterocycles. The Hall–Kier alpha value is -2.76. The van der Waals surface area contributed by atoms with E-state index in [0.717, 1.165) is 6.16 Å². The van der Waals surface area contributed by atoms with E-state index < -0.39 is 7.26 Å². The first-order valence-corrected chi connectivity index (χ1v) is 11.3. The van der Waals surface area contributed by atoms with E-state index in [4.69, 9.17) is 0 Å². The van der Waals surface area contributed by atoms with Gasteiger partial charge in [-0.05, 0) is 0 Å². The molecule has 0 heterocycles. The molecule has 0 aromatic heterocycles. The van der Waals surface area contributed by atoms with Gasteiger partial charge in [-0.1, -0.05) is 0 Å². The molecule has 0 atom stereocenters. The van der Waals surface area contributed by atoms with Crippen molar-refractivity contribution < 1.29 is 4.70 Å². The van der Waals surface area contributed by atoms with Crippen LogP contribution in [-0.4, -0.2) is 0 Å². The molecule has 2 heteroatoms. The first-order valence-electron chi connectivity index (χ1n) is 9.10. The quantitative estimate of drug-likeness (QED) is 0.428. The second-order valence-electron chi connectivity index (χ2n) is 6.67. The molecule has 27 heavy (non-hydrogen) atoms. The Morgan fingerprint density at radius 2 is 0.704 bits per heavy atom. The summed E-state index contributed by atoms with van der Waals surface area (Å²) in [4.78, 5) is 0. The second kappa shape index (κ2) is 8.75. The van der Waals surface area contributed by atoms with Crippen LogP contribution in [0.25, 0.3) is 0 Å². The average Bonchev–Trinajstić information content (AvgIpc) is 2.75. The van der Waals surface area contributed by atoms with Gasteiger partial charge in [-0.25, -0.2) is 0 Å². The van der Waals surface area contributed by atoms with Crippen molar-refractivity contribution in [3.8, 4) is 0 Å². The summed E-state index contributed by atoms with van der Waals surface area (Å²) in [5, 5.41) is 4.38. The molecule has 0 saturated carbocycles. The van der Waals surface area contributed by atoms with Gasteiger partial charge in [0.05, 0.1) is 0 Å². The molecule has 0 bridgehead atoms. The first kappa shape index (κ1) is 19.0. The normalized spacial score (nSPS) is 11.4. The van der Waals surface area contributed by atoms with Crippen LogP contribution in [0.1, 0.15) is 5.56 Å². The van der Waals surface area contributed by atoms with Crippen molar-refractivity contribution in [3.63, 3.8) is 0 Å². The van der Waals surface area contributed by atoms with Gasteiger partial charge in [0, 0.05) is 0 Å². The van der Waals surface area contributed by atoms with E-state index in [-0.39, 0.29) is 4.70 Å². The molecule has 4 aromatic carbocycles. The molecule has 0 unspecified atom stereocenters. The number of hydrogen-bond acceptors (Lipinski definition) is 0. The van der Waals surface area contributed by atoms with Gasteiger partial charge in [-0.3, -0.25) is 4.70 Å². The molecular weight excluding hydrogens is 350 g/mol. The zero-order valence-corrected chi connectivity index (χ0v) is 16.2. The van der Waals surface area contributed by atoms with Crippen LogP contribution in [0.5, 0.6) is 0 Å². The molecular formula is C25H24FP. The molecule has 4 rings (SSSR count). The topological polar surface area (TPSA) is 0 Å². The monoisotopic (exact) mass is 374 g/mol. The van der Waals surface area contributed by atoms with Crippen LogP contribution in [-0.2, 0) is 6.16 Å². The third kappa shape index (κ3) is 3.84. The van der Waals surface area contributed by atoms with Gasteiger partial charge >= 0.3 is 156 Å². The van der Waals surface area contributed by atoms with Crippen molar-refractivity contribution in [2.45, 2.75) is 6.16 Å². The van der Waals surface area contributed by atoms with Crippen LogP contribution < -0.4 is 15.9 Å². The zero-order valence-electron chi connectivity index (χ0n) is 15.2. The average molecular weight is 374 g/mol. The summed E-state index contributed by atoms with van der Waals surface area (Å²) >= 11 is 0. The molecule has 0 fully saturated rings. The summed E-state index contributed by atoms with van der Waals surface area (Å²) in [6.07, 6.45) is 1.06. The van der Waals surface area contributed by atoms with E-state index >= 15 is 0 Å². The third-order valence-corrected chi connectivity index (χ3v) is 10.0. The predicted octanol–water partition coefficient (Wildman–Crippen LogP) is 5.07. The van der Waals surface area contributed by atoms with E-state index in [0.29, 0.717) is 0 Å². The number of benzene rings is 4. The Morgan fingerprint density at radius 3 is 1.04 bits per heavy atom. The fraction of sp³-hybridized carbons (Fsp3) is 0.0400. The van der Waals surface area contributed by atoms with Gasteiger partial charge < -0.3 is 0 Å². The van der Waals surface area contributed by atoms with Gasteiger partial charge in [-0.15, -0.1) is 0 Å². The van der Waals surface area contributed by atoms with Crippen LogP contribution in [0, 0.1) is 0 Å². The second-order valence-corrected chi connectivity index (χ2v) is 10.6. The maximum absolute atomic E-state index is 2.31. The minimum absolute atomic E-state index is 0. The molecule has 0 spiro atoms. The van der Waals surface area contributed by atoms with Crippen molar-refractivity contribution in [2.24, 2.45) is 0 Å². The molecule has 4 aromatic rings. The van der Waals surface area contributed by atoms with Crippen LogP contribution in [0.3, 0.4) is 0 Å². The van der Waals surface area contributed by atoms with Crippen LogP contribution >= 0.6 is 7.26 Å². The fourth-order valence-corrected chi connectivity index (χ4v) is 8.62. The summed E-state index contributed by atoms with van der Waals surface area (Å²) in [7, 11) is -2.16. The number of hydrogen-bond donors (Lipinski definition) is 0. The molecule has 0 N–H and O–H groups in total. The van der Waals surface area contributed by atoms with Crippen LogP contribution in [0.4, 0.5) is 4.70 Å². The van der Waals surface area contributed by atoms with E-state index in [1.54, 1.807) is 0 Å². The zero-order chi connectivity index (χ0) is 17.7. The van der Waals surface area contributed by atoms with Gasteiger partial charge in [0.15, 0.2) is 0 Å². The van der Waals surface area contributed by atoms with Crippen LogP contribution in [0.2, 0.25) is 0 Å². The fourth-order valence-electron chi connectivity index (χ4n) is 3.88. The molecule has 0 nitrogen and oxygen atoms in total. The van der Waals surface area contributed by atoms with E-state index in [2.05, 4.69) is 121 Å². The minimum atomic E-state index is -2.16. The standard InChI is InChI=1S/C25H23P.FH/c1-5-13-22(14-6-1)21-26(23-15-7-2-8-16-23,24-17-9-3-10-18-24)25-19-11-4-12-20-25;/h1-20,26H,21H2;1H. The Balaban J connectivity index is 0.00000210. The summed E-state index contributed by atoms with van der Waals surface area (Å²) in [5.74, 6) is 0. The SMILES string of the molecule is F.c1ccc(C[PH](c2ccccc2)(c2ccccc2)c2ccccc2)cc1. The van der Waals surface area contributed by atoms with Gasteiger partial charge in [-0.2, -0.15) is 0 Å². The van der Waals surface area contributed by atoms with Crippen molar-refractivity contribution >= 4 is 23.2 Å². The van der Waals surface area contributed by atoms with Crippen molar-refractivity contribution in [1.29, 1.82) is 0 Å². The Labute approximate surface area is 161 Å². The number of rotatable bonds is 5. The molecule has 0 saturated heterocycles. The number of halogens is 1. The summed E-state index contributed by atoms with van der Waals surface area (Å²) in [5.41, 5.74) is 1.40. The Morgan fingerprint density at radius 1 is 0.407 bits per heavy atom. The van der Waals surface area contributed by atoms with Crippen LogP contribution in [0.15, 0.2) is 121 Å². The van der Waals surface area contributed by atoms with Gasteiger partial charge in [0.2, 0.25) is 0 Å². The molecule has 0 aliphatic carbocycles. The van der Waals surface area contributed by atoms with E-state index in [1.807, 2.05) is 0 Å². The third-order valence-electron chi connectivity index (χ3n) is 5.11. The molecule has 0 aliphatic rings. The summed E-state index contributed by atoms with van der Waals surface area (Å²) in [6.45, 7) is 0. The molecule has 0 radical (unpaired) electrons. The predicted molar refractivity (Wildman–Crippen MR) is 119 cm³/mol. The van der Waals surface area contributed by atoms with Crippen molar-refractivity contribution in [3.05, 3.63) is 127 Å². The summed E-state index contributed by atoms with van der Waals surface area (Å²) in [6, 6.07) is 44.2. The van der Waals surface area contributed by atoms with Gasteiger partial charge in [0.25, 0.3) is 0 Å². The molecule has 0 amide bonds. The maximum atomic E-state index is 2.31. The van der Waals surface area contributed by atoms with E-state index in [9.17, 15) is 0 Å². The first-order chi connectivity index (χ1) is 12.9. The van der Waals surface area contributed by atoms with Crippen molar-refractivity contribution in [1.82, 2.24) is 0 Å². The summed E-state index contributed by atoms with van der Waals surface area (Å²) < 4.78 is 0. The van der Waals surface area contributed by atoms with E-state index in [1.165, 1.54) is 21.5 Å². The van der Waals surface area contributed by atoms with Crippen molar-refractivity contribution in [2.75, 3.05) is 0 Å². The molecule has 136 valence electrons.